The zero-order chi connectivity index (χ0) is 10.1. The van der Waals surface area contributed by atoms with Crippen LogP contribution in [0.1, 0.15) is 25.2 Å². The molecule has 74 valence electrons. The number of hydrogen-bond acceptors (Lipinski definition) is 2. The van der Waals surface area contributed by atoms with Crippen LogP contribution in [-0.4, -0.2) is 14.4 Å². The van der Waals surface area contributed by atoms with Crippen LogP contribution in [0.4, 0.5) is 0 Å². The molecule has 0 unspecified atom stereocenters. The summed E-state index contributed by atoms with van der Waals surface area (Å²) in [6.07, 6.45) is 6.68. The van der Waals surface area contributed by atoms with Gasteiger partial charge < -0.3 is 4.40 Å². The summed E-state index contributed by atoms with van der Waals surface area (Å²) in [7, 11) is 0. The van der Waals surface area contributed by atoms with Crippen LogP contribution >= 0.6 is 0 Å². The number of fused-ring (bicyclic) bond motifs is 1. The standard InChI is InChI=1S/C11H15N3/c1-8(2)6-10-11-13-7-9(3)14(11)5-4-12-10/h4-5,7-8H,6H2,1-3H3. The van der Waals surface area contributed by atoms with Crippen molar-refractivity contribution in [2.24, 2.45) is 5.92 Å². The van der Waals surface area contributed by atoms with Gasteiger partial charge in [-0.2, -0.15) is 0 Å². The van der Waals surface area contributed by atoms with Gasteiger partial charge in [0.15, 0.2) is 5.65 Å². The highest BCUT2D eigenvalue weighted by molar-refractivity contribution is 5.45. The zero-order valence-electron chi connectivity index (χ0n) is 8.86. The summed E-state index contributed by atoms with van der Waals surface area (Å²) in [6.45, 7) is 6.45. The van der Waals surface area contributed by atoms with E-state index in [9.17, 15) is 0 Å². The minimum absolute atomic E-state index is 0.616. The molecule has 0 aromatic carbocycles. The van der Waals surface area contributed by atoms with Crippen LogP contribution in [-0.2, 0) is 6.42 Å². The van der Waals surface area contributed by atoms with E-state index in [1.54, 1.807) is 0 Å². The van der Waals surface area contributed by atoms with Crippen molar-refractivity contribution in [3.63, 3.8) is 0 Å². The third-order valence-electron chi connectivity index (χ3n) is 2.29. The Balaban J connectivity index is 2.54. The summed E-state index contributed by atoms with van der Waals surface area (Å²) in [6, 6.07) is 0. The molecule has 0 atom stereocenters. The lowest BCUT2D eigenvalue weighted by Gasteiger charge is -2.05. The molecule has 0 saturated heterocycles. The van der Waals surface area contributed by atoms with Crippen molar-refractivity contribution in [3.05, 3.63) is 30.0 Å². The molecule has 2 aromatic heterocycles. The van der Waals surface area contributed by atoms with Crippen LogP contribution in [0.2, 0.25) is 0 Å². The predicted molar refractivity (Wildman–Crippen MR) is 56.3 cm³/mol. The Kier molecular flexibility index (Phi) is 2.23. The molecule has 0 aliphatic rings. The molecule has 0 aliphatic heterocycles. The SMILES string of the molecule is Cc1cnc2c(CC(C)C)nccn12. The van der Waals surface area contributed by atoms with Crippen LogP contribution in [0, 0.1) is 12.8 Å². The molecule has 2 rings (SSSR count). The van der Waals surface area contributed by atoms with Gasteiger partial charge in [0.1, 0.15) is 0 Å². The van der Waals surface area contributed by atoms with E-state index in [0.29, 0.717) is 5.92 Å². The third-order valence-corrected chi connectivity index (χ3v) is 2.29. The van der Waals surface area contributed by atoms with Crippen molar-refractivity contribution in [1.29, 1.82) is 0 Å². The molecule has 0 aliphatic carbocycles. The van der Waals surface area contributed by atoms with E-state index in [-0.39, 0.29) is 0 Å². The van der Waals surface area contributed by atoms with Crippen molar-refractivity contribution < 1.29 is 0 Å². The molecule has 0 bridgehead atoms. The highest BCUT2D eigenvalue weighted by Gasteiger charge is 2.07. The van der Waals surface area contributed by atoms with Crippen molar-refractivity contribution in [2.45, 2.75) is 27.2 Å². The van der Waals surface area contributed by atoms with Gasteiger partial charge in [0.25, 0.3) is 0 Å². The van der Waals surface area contributed by atoms with Crippen molar-refractivity contribution in [2.75, 3.05) is 0 Å². The second-order valence-electron chi connectivity index (χ2n) is 4.07. The maximum atomic E-state index is 4.38. The Morgan fingerprint density at radius 2 is 2.14 bits per heavy atom. The molecule has 2 aromatic rings. The molecular weight excluding hydrogens is 174 g/mol. The average Bonchev–Trinajstić information content (AvgIpc) is 2.49. The lowest BCUT2D eigenvalue weighted by atomic mass is 10.1. The summed E-state index contributed by atoms with van der Waals surface area (Å²) >= 11 is 0. The van der Waals surface area contributed by atoms with Gasteiger partial charge in [-0.1, -0.05) is 13.8 Å². The molecule has 0 spiro atoms. The Morgan fingerprint density at radius 1 is 1.36 bits per heavy atom. The van der Waals surface area contributed by atoms with Crippen LogP contribution in [0.25, 0.3) is 5.65 Å². The molecule has 0 saturated carbocycles. The van der Waals surface area contributed by atoms with E-state index < -0.39 is 0 Å². The van der Waals surface area contributed by atoms with E-state index in [0.717, 1.165) is 23.5 Å². The van der Waals surface area contributed by atoms with Crippen LogP contribution < -0.4 is 0 Å². The summed E-state index contributed by atoms with van der Waals surface area (Å²) < 4.78 is 2.09. The lowest BCUT2D eigenvalue weighted by molar-refractivity contribution is 0.635. The topological polar surface area (TPSA) is 30.2 Å². The Morgan fingerprint density at radius 3 is 2.86 bits per heavy atom. The molecule has 0 N–H and O–H groups in total. The molecular formula is C11H15N3. The second-order valence-corrected chi connectivity index (χ2v) is 4.07. The van der Waals surface area contributed by atoms with Crippen LogP contribution in [0.5, 0.6) is 0 Å². The van der Waals surface area contributed by atoms with E-state index in [1.165, 1.54) is 0 Å². The van der Waals surface area contributed by atoms with Crippen molar-refractivity contribution >= 4 is 5.65 Å². The van der Waals surface area contributed by atoms with Crippen LogP contribution in [0.15, 0.2) is 18.6 Å². The normalized spacial score (nSPS) is 11.4. The number of rotatable bonds is 2. The Hall–Kier alpha value is -1.38. The van der Waals surface area contributed by atoms with Gasteiger partial charge in [-0.25, -0.2) is 4.98 Å². The summed E-state index contributed by atoms with van der Waals surface area (Å²) in [4.78, 5) is 8.75. The van der Waals surface area contributed by atoms with Gasteiger partial charge in [0.2, 0.25) is 0 Å². The minimum Gasteiger partial charge on any atom is -0.301 e. The maximum Gasteiger partial charge on any atom is 0.158 e. The maximum absolute atomic E-state index is 4.38. The van der Waals surface area contributed by atoms with E-state index in [4.69, 9.17) is 0 Å². The molecule has 0 radical (unpaired) electrons. The van der Waals surface area contributed by atoms with Crippen LogP contribution in [0.3, 0.4) is 0 Å². The Labute approximate surface area is 83.8 Å². The predicted octanol–water partition coefficient (Wildman–Crippen LogP) is 2.24. The first-order valence-electron chi connectivity index (χ1n) is 4.96. The highest BCUT2D eigenvalue weighted by Crippen LogP contribution is 2.12. The number of nitrogens with zero attached hydrogens (tertiary/aromatic N) is 3. The van der Waals surface area contributed by atoms with Gasteiger partial charge in [-0.15, -0.1) is 0 Å². The third kappa shape index (κ3) is 1.50. The molecule has 3 heteroatoms. The van der Waals surface area contributed by atoms with Gasteiger partial charge in [0.05, 0.1) is 5.69 Å². The first kappa shape index (κ1) is 9.19. The second kappa shape index (κ2) is 3.40. The smallest absolute Gasteiger partial charge is 0.158 e. The number of hydrogen-bond donors (Lipinski definition) is 0. The fraction of sp³-hybridized carbons (Fsp3) is 0.455. The number of aryl methyl sites for hydroxylation is 1. The van der Waals surface area contributed by atoms with Crippen molar-refractivity contribution in [1.82, 2.24) is 14.4 Å². The number of aromatic nitrogens is 3. The average molecular weight is 189 g/mol. The van der Waals surface area contributed by atoms with Gasteiger partial charge in [-0.05, 0) is 19.3 Å². The van der Waals surface area contributed by atoms with Gasteiger partial charge in [-0.3, -0.25) is 4.98 Å². The first-order chi connectivity index (χ1) is 6.68. The fourth-order valence-electron chi connectivity index (χ4n) is 1.63. The molecule has 0 amide bonds. The van der Waals surface area contributed by atoms with E-state index in [1.807, 2.05) is 18.6 Å². The van der Waals surface area contributed by atoms with E-state index in [2.05, 4.69) is 35.1 Å². The summed E-state index contributed by atoms with van der Waals surface area (Å²) in [5, 5.41) is 0. The largest absolute Gasteiger partial charge is 0.301 e. The lowest BCUT2D eigenvalue weighted by Crippen LogP contribution is -2.01. The van der Waals surface area contributed by atoms with Gasteiger partial charge in [0, 0.05) is 24.3 Å². The highest BCUT2D eigenvalue weighted by atomic mass is 15.0. The molecule has 2 heterocycles. The molecule has 14 heavy (non-hydrogen) atoms. The molecule has 0 fully saturated rings. The van der Waals surface area contributed by atoms with Gasteiger partial charge >= 0.3 is 0 Å². The summed E-state index contributed by atoms with van der Waals surface area (Å²) in [5.74, 6) is 0.616. The fourth-order valence-corrected chi connectivity index (χ4v) is 1.63. The monoisotopic (exact) mass is 189 g/mol. The van der Waals surface area contributed by atoms with E-state index >= 15 is 0 Å². The minimum atomic E-state index is 0.616. The quantitative estimate of drug-likeness (QED) is 0.725. The zero-order valence-corrected chi connectivity index (χ0v) is 8.86. The summed E-state index contributed by atoms with van der Waals surface area (Å²) in [5.41, 5.74) is 3.25. The molecule has 3 nitrogen and oxygen atoms in total. The van der Waals surface area contributed by atoms with Crippen molar-refractivity contribution in [3.8, 4) is 0 Å². The Bertz CT molecular complexity index is 443. The number of imidazole rings is 1. The first-order valence-corrected chi connectivity index (χ1v) is 4.96.